The summed E-state index contributed by atoms with van der Waals surface area (Å²) < 4.78 is 0. The first-order chi connectivity index (χ1) is 16.1. The molecule has 1 unspecified atom stereocenters. The third-order valence-corrected chi connectivity index (χ3v) is 7.35. The molecule has 0 bridgehead atoms. The van der Waals surface area contributed by atoms with Gasteiger partial charge in [-0.2, -0.15) is 0 Å². The summed E-state index contributed by atoms with van der Waals surface area (Å²) in [6.07, 6.45) is 11.8. The van der Waals surface area contributed by atoms with Gasteiger partial charge in [-0.05, 0) is 48.7 Å². The van der Waals surface area contributed by atoms with Crippen LogP contribution >= 0.6 is 11.8 Å². The van der Waals surface area contributed by atoms with Crippen molar-refractivity contribution in [3.05, 3.63) is 59.7 Å². The lowest BCUT2D eigenvalue weighted by Gasteiger charge is -2.25. The summed E-state index contributed by atoms with van der Waals surface area (Å²) in [5.41, 5.74) is 3.97. The first-order valence-corrected chi connectivity index (χ1v) is 13.5. The number of benzene rings is 2. The second-order valence-electron chi connectivity index (χ2n) is 9.01. The molecule has 2 aromatic carbocycles. The third kappa shape index (κ3) is 7.92. The van der Waals surface area contributed by atoms with Gasteiger partial charge in [0.2, 0.25) is 11.8 Å². The number of anilines is 2. The minimum atomic E-state index is -0.0361. The molecule has 1 heterocycles. The molecule has 1 N–H and O–H groups in total. The largest absolute Gasteiger partial charge is 0.326 e. The minimum absolute atomic E-state index is 0.0361. The molecule has 178 valence electrons. The van der Waals surface area contributed by atoms with Crippen LogP contribution in [0.15, 0.2) is 48.5 Å². The summed E-state index contributed by atoms with van der Waals surface area (Å²) in [5.74, 6) is 0.696. The van der Waals surface area contributed by atoms with Gasteiger partial charge in [-0.15, -0.1) is 11.8 Å². The van der Waals surface area contributed by atoms with Gasteiger partial charge in [0.25, 0.3) is 0 Å². The Balaban J connectivity index is 1.43. The van der Waals surface area contributed by atoms with E-state index in [4.69, 9.17) is 0 Å². The number of thioether (sulfide) groups is 1. The molecule has 1 saturated heterocycles. The lowest BCUT2D eigenvalue weighted by atomic mass is 10.1. The lowest BCUT2D eigenvalue weighted by Crippen LogP contribution is -2.27. The van der Waals surface area contributed by atoms with E-state index in [1.54, 1.807) is 11.8 Å². The van der Waals surface area contributed by atoms with E-state index in [9.17, 15) is 9.59 Å². The lowest BCUT2D eigenvalue weighted by molar-refractivity contribution is -0.116. The van der Waals surface area contributed by atoms with E-state index in [0.29, 0.717) is 12.2 Å². The van der Waals surface area contributed by atoms with Gasteiger partial charge in [0, 0.05) is 17.8 Å². The molecule has 1 fully saturated rings. The molecule has 1 aliphatic heterocycles. The van der Waals surface area contributed by atoms with Crippen molar-refractivity contribution in [2.24, 2.45) is 0 Å². The van der Waals surface area contributed by atoms with Crippen LogP contribution in [0, 0.1) is 6.92 Å². The molecule has 2 aromatic rings. The topological polar surface area (TPSA) is 49.4 Å². The molecule has 1 aliphatic rings. The molecule has 2 amide bonds. The Hall–Kier alpha value is -2.27. The first-order valence-electron chi connectivity index (χ1n) is 12.5. The van der Waals surface area contributed by atoms with Gasteiger partial charge in [0.05, 0.1) is 5.75 Å². The number of rotatable bonds is 13. The summed E-state index contributed by atoms with van der Waals surface area (Å²) >= 11 is 1.64. The maximum atomic E-state index is 12.6. The Morgan fingerprint density at radius 1 is 0.970 bits per heavy atom. The van der Waals surface area contributed by atoms with Gasteiger partial charge in [0.1, 0.15) is 5.37 Å². The second-order valence-corrected chi connectivity index (χ2v) is 10.1. The van der Waals surface area contributed by atoms with Gasteiger partial charge in [0.15, 0.2) is 0 Å². The van der Waals surface area contributed by atoms with Crippen LogP contribution in [0.4, 0.5) is 11.4 Å². The van der Waals surface area contributed by atoms with Crippen molar-refractivity contribution in [3.8, 4) is 0 Å². The number of unbranched alkanes of at least 4 members (excludes halogenated alkanes) is 8. The van der Waals surface area contributed by atoms with Crippen LogP contribution in [0.1, 0.15) is 87.6 Å². The van der Waals surface area contributed by atoms with Gasteiger partial charge in [-0.3, -0.25) is 14.5 Å². The van der Waals surface area contributed by atoms with Gasteiger partial charge >= 0.3 is 0 Å². The van der Waals surface area contributed by atoms with Gasteiger partial charge in [-0.1, -0.05) is 82.6 Å². The van der Waals surface area contributed by atoms with Crippen LogP contribution < -0.4 is 10.2 Å². The quantitative estimate of drug-likeness (QED) is 0.309. The Bertz CT molecular complexity index is 897. The van der Waals surface area contributed by atoms with E-state index in [0.717, 1.165) is 35.3 Å². The predicted octanol–water partition coefficient (Wildman–Crippen LogP) is 7.63. The molecule has 0 spiro atoms. The van der Waals surface area contributed by atoms with E-state index in [2.05, 4.69) is 18.3 Å². The van der Waals surface area contributed by atoms with Crippen LogP contribution in [-0.4, -0.2) is 17.6 Å². The van der Waals surface area contributed by atoms with Crippen molar-refractivity contribution in [2.45, 2.75) is 83.4 Å². The molecule has 0 radical (unpaired) electrons. The van der Waals surface area contributed by atoms with Crippen LogP contribution in [0.5, 0.6) is 0 Å². The highest BCUT2D eigenvalue weighted by atomic mass is 32.2. The highest BCUT2D eigenvalue weighted by molar-refractivity contribution is 8.00. The van der Waals surface area contributed by atoms with E-state index >= 15 is 0 Å². The fraction of sp³-hybridized carbons (Fsp3) is 0.500. The minimum Gasteiger partial charge on any atom is -0.326 e. The van der Waals surface area contributed by atoms with Crippen LogP contribution in [0.25, 0.3) is 0 Å². The van der Waals surface area contributed by atoms with Crippen molar-refractivity contribution in [1.29, 1.82) is 0 Å². The van der Waals surface area contributed by atoms with Crippen molar-refractivity contribution in [1.82, 2.24) is 0 Å². The highest BCUT2D eigenvalue weighted by Gasteiger charge is 2.34. The molecule has 4 nitrogen and oxygen atoms in total. The Morgan fingerprint density at radius 3 is 2.30 bits per heavy atom. The van der Waals surface area contributed by atoms with Gasteiger partial charge < -0.3 is 5.32 Å². The standard InChI is InChI=1S/C28H38N2O2S/c1-3-4-5-6-7-8-9-10-11-15-26(31)29-24-18-16-23(17-19-24)28-30(27(32)21-33-28)25-14-12-13-22(2)20-25/h12-14,16-20,28H,3-11,15,21H2,1-2H3,(H,29,31). The van der Waals surface area contributed by atoms with Crippen molar-refractivity contribution >= 4 is 35.0 Å². The SMILES string of the molecule is CCCCCCCCCCCC(=O)Nc1ccc(C2SCC(=O)N2c2cccc(C)c2)cc1. The average molecular weight is 467 g/mol. The van der Waals surface area contributed by atoms with E-state index in [-0.39, 0.29) is 17.2 Å². The molecular weight excluding hydrogens is 428 g/mol. The molecule has 0 saturated carbocycles. The zero-order chi connectivity index (χ0) is 23.5. The Morgan fingerprint density at radius 2 is 1.64 bits per heavy atom. The van der Waals surface area contributed by atoms with E-state index < -0.39 is 0 Å². The second kappa shape index (κ2) is 13.4. The normalized spacial score (nSPS) is 15.8. The number of amides is 2. The maximum absolute atomic E-state index is 12.6. The number of aryl methyl sites for hydroxylation is 1. The smallest absolute Gasteiger partial charge is 0.238 e. The molecule has 33 heavy (non-hydrogen) atoms. The zero-order valence-electron chi connectivity index (χ0n) is 20.1. The number of carbonyl (C=O) groups is 2. The van der Waals surface area contributed by atoms with Crippen molar-refractivity contribution in [2.75, 3.05) is 16.0 Å². The Labute approximate surface area is 203 Å². The summed E-state index contributed by atoms with van der Waals surface area (Å²) in [5, 5.41) is 2.98. The maximum Gasteiger partial charge on any atom is 0.238 e. The van der Waals surface area contributed by atoms with E-state index in [1.165, 1.54) is 44.9 Å². The summed E-state index contributed by atoms with van der Waals surface area (Å²) in [4.78, 5) is 26.7. The predicted molar refractivity (Wildman–Crippen MR) is 141 cm³/mol. The number of nitrogens with one attached hydrogen (secondary N) is 1. The zero-order valence-corrected chi connectivity index (χ0v) is 21.0. The molecule has 0 aromatic heterocycles. The fourth-order valence-electron chi connectivity index (χ4n) is 4.28. The Kier molecular flexibility index (Phi) is 10.3. The summed E-state index contributed by atoms with van der Waals surface area (Å²) in [6.45, 7) is 4.29. The molecule has 1 atom stereocenters. The van der Waals surface area contributed by atoms with Crippen LogP contribution in [0.2, 0.25) is 0 Å². The van der Waals surface area contributed by atoms with Crippen LogP contribution in [-0.2, 0) is 9.59 Å². The van der Waals surface area contributed by atoms with Crippen LogP contribution in [0.3, 0.4) is 0 Å². The molecule has 5 heteroatoms. The number of hydrogen-bond acceptors (Lipinski definition) is 3. The van der Waals surface area contributed by atoms with Crippen molar-refractivity contribution in [3.63, 3.8) is 0 Å². The average Bonchev–Trinajstić information content (AvgIpc) is 3.20. The number of hydrogen-bond donors (Lipinski definition) is 1. The van der Waals surface area contributed by atoms with E-state index in [1.807, 2.05) is 54.3 Å². The molecule has 3 rings (SSSR count). The third-order valence-electron chi connectivity index (χ3n) is 6.13. The summed E-state index contributed by atoms with van der Waals surface area (Å²) in [6, 6.07) is 16.0. The highest BCUT2D eigenvalue weighted by Crippen LogP contribution is 2.42. The number of nitrogens with zero attached hydrogens (tertiary/aromatic N) is 1. The molecule has 0 aliphatic carbocycles. The fourth-order valence-corrected chi connectivity index (χ4v) is 5.46. The molecular formula is C28H38N2O2S. The first kappa shape index (κ1) is 25.4. The number of carbonyl (C=O) groups excluding carboxylic acids is 2. The monoisotopic (exact) mass is 466 g/mol. The van der Waals surface area contributed by atoms with Crippen molar-refractivity contribution < 1.29 is 9.59 Å². The van der Waals surface area contributed by atoms with Gasteiger partial charge in [-0.25, -0.2) is 0 Å². The summed E-state index contributed by atoms with van der Waals surface area (Å²) in [7, 11) is 0.